The topological polar surface area (TPSA) is 66.4 Å². The molecule has 1 rings (SSSR count). The molecule has 4 heteroatoms. The van der Waals surface area contributed by atoms with Crippen molar-refractivity contribution >= 4 is 11.9 Å². The fraction of sp³-hybridized carbons (Fsp3) is 0.600. The summed E-state index contributed by atoms with van der Waals surface area (Å²) in [7, 11) is 0. The maximum Gasteiger partial charge on any atom is 0.319 e. The Morgan fingerprint density at radius 1 is 1.64 bits per heavy atom. The lowest BCUT2D eigenvalue weighted by Crippen LogP contribution is -2.45. The van der Waals surface area contributed by atoms with Gasteiger partial charge in [-0.15, -0.1) is 6.58 Å². The minimum Gasteiger partial charge on any atom is -0.480 e. The van der Waals surface area contributed by atoms with E-state index in [0.29, 0.717) is 0 Å². The highest BCUT2D eigenvalue weighted by Crippen LogP contribution is 2.26. The van der Waals surface area contributed by atoms with Crippen molar-refractivity contribution in [3.8, 4) is 0 Å². The lowest BCUT2D eigenvalue weighted by Gasteiger charge is -2.21. The Hall–Kier alpha value is -1.32. The van der Waals surface area contributed by atoms with Crippen LogP contribution in [-0.4, -0.2) is 23.0 Å². The molecule has 4 nitrogen and oxygen atoms in total. The molecule has 78 valence electrons. The van der Waals surface area contributed by atoms with E-state index in [4.69, 9.17) is 5.11 Å². The van der Waals surface area contributed by atoms with E-state index >= 15 is 0 Å². The van der Waals surface area contributed by atoms with Crippen LogP contribution in [0, 0.1) is 5.41 Å². The van der Waals surface area contributed by atoms with E-state index < -0.39 is 17.3 Å². The number of carbonyl (C=O) groups is 2. The first kappa shape index (κ1) is 10.8. The van der Waals surface area contributed by atoms with Crippen molar-refractivity contribution in [2.45, 2.75) is 32.2 Å². The zero-order valence-corrected chi connectivity index (χ0v) is 8.25. The summed E-state index contributed by atoms with van der Waals surface area (Å²) in [4.78, 5) is 22.6. The molecule has 1 saturated carbocycles. The van der Waals surface area contributed by atoms with Crippen LogP contribution in [0.25, 0.3) is 0 Å². The molecule has 1 amide bonds. The number of aliphatic carboxylic acids is 1. The first-order valence-corrected chi connectivity index (χ1v) is 4.66. The van der Waals surface area contributed by atoms with E-state index in [-0.39, 0.29) is 12.5 Å². The van der Waals surface area contributed by atoms with Crippen LogP contribution in [-0.2, 0) is 9.59 Å². The molecule has 2 N–H and O–H groups in total. The SMILES string of the molecule is C=CCC(C)(C(=O)O)C(=O)NC1CC1. The molecule has 14 heavy (non-hydrogen) atoms. The average molecular weight is 197 g/mol. The van der Waals surface area contributed by atoms with Crippen molar-refractivity contribution in [2.24, 2.45) is 5.41 Å². The second kappa shape index (κ2) is 3.82. The molecule has 1 unspecified atom stereocenters. The van der Waals surface area contributed by atoms with E-state index in [1.165, 1.54) is 13.0 Å². The van der Waals surface area contributed by atoms with Gasteiger partial charge in [-0.25, -0.2) is 0 Å². The van der Waals surface area contributed by atoms with E-state index in [1.54, 1.807) is 0 Å². The van der Waals surface area contributed by atoms with Crippen LogP contribution in [0.3, 0.4) is 0 Å². The van der Waals surface area contributed by atoms with Gasteiger partial charge in [-0.3, -0.25) is 9.59 Å². The summed E-state index contributed by atoms with van der Waals surface area (Å²) in [6.45, 7) is 4.89. The Morgan fingerprint density at radius 2 is 2.21 bits per heavy atom. The van der Waals surface area contributed by atoms with E-state index in [0.717, 1.165) is 12.8 Å². The highest BCUT2D eigenvalue weighted by molar-refractivity contribution is 6.01. The van der Waals surface area contributed by atoms with Gasteiger partial charge in [-0.1, -0.05) is 6.08 Å². The third-order valence-corrected chi connectivity index (χ3v) is 2.44. The standard InChI is InChI=1S/C10H15NO3/c1-3-6-10(2,9(13)14)8(12)11-7-4-5-7/h3,7H,1,4-6H2,2H3,(H,11,12)(H,13,14). The fourth-order valence-electron chi connectivity index (χ4n) is 1.14. The van der Waals surface area contributed by atoms with Crippen molar-refractivity contribution < 1.29 is 14.7 Å². The molecule has 0 aromatic rings. The van der Waals surface area contributed by atoms with Gasteiger partial charge in [0.25, 0.3) is 0 Å². The number of carboxylic acid groups (broad SMARTS) is 1. The molecule has 1 aliphatic rings. The summed E-state index contributed by atoms with van der Waals surface area (Å²) in [6, 6.07) is 0.186. The molecule has 0 aromatic heterocycles. The van der Waals surface area contributed by atoms with Crippen molar-refractivity contribution in [3.05, 3.63) is 12.7 Å². The van der Waals surface area contributed by atoms with Gasteiger partial charge in [0.05, 0.1) is 0 Å². The molecular formula is C10H15NO3. The molecule has 0 spiro atoms. The molecule has 0 saturated heterocycles. The zero-order valence-electron chi connectivity index (χ0n) is 8.25. The highest BCUT2D eigenvalue weighted by Gasteiger charge is 2.42. The van der Waals surface area contributed by atoms with Crippen molar-refractivity contribution in [1.29, 1.82) is 0 Å². The molecule has 0 radical (unpaired) electrons. The Morgan fingerprint density at radius 3 is 2.57 bits per heavy atom. The lowest BCUT2D eigenvalue weighted by molar-refractivity contribution is -0.154. The Kier molecular flexibility index (Phi) is 2.93. The molecule has 0 heterocycles. The molecule has 0 aliphatic heterocycles. The largest absolute Gasteiger partial charge is 0.480 e. The number of carboxylic acids is 1. The third-order valence-electron chi connectivity index (χ3n) is 2.44. The summed E-state index contributed by atoms with van der Waals surface area (Å²) >= 11 is 0. The molecule has 1 fully saturated rings. The molecule has 0 aromatic carbocycles. The van der Waals surface area contributed by atoms with Gasteiger partial charge in [0.15, 0.2) is 0 Å². The predicted octanol–water partition coefficient (Wildman–Crippen LogP) is 0.932. The van der Waals surface area contributed by atoms with Gasteiger partial charge in [0, 0.05) is 6.04 Å². The van der Waals surface area contributed by atoms with E-state index in [2.05, 4.69) is 11.9 Å². The Bertz CT molecular complexity index is 271. The average Bonchev–Trinajstić information content (AvgIpc) is 2.88. The van der Waals surface area contributed by atoms with Gasteiger partial charge in [0.1, 0.15) is 5.41 Å². The van der Waals surface area contributed by atoms with Crippen molar-refractivity contribution in [1.82, 2.24) is 5.32 Å². The van der Waals surface area contributed by atoms with Gasteiger partial charge in [-0.2, -0.15) is 0 Å². The quantitative estimate of drug-likeness (QED) is 0.509. The Balaban J connectivity index is 2.68. The number of allylic oxidation sites excluding steroid dienone is 1. The molecule has 0 bridgehead atoms. The van der Waals surface area contributed by atoms with Crippen molar-refractivity contribution in [2.75, 3.05) is 0 Å². The van der Waals surface area contributed by atoms with Crippen LogP contribution < -0.4 is 5.32 Å². The number of hydrogen-bond acceptors (Lipinski definition) is 2. The fourth-order valence-corrected chi connectivity index (χ4v) is 1.14. The smallest absolute Gasteiger partial charge is 0.319 e. The van der Waals surface area contributed by atoms with Crippen LogP contribution in [0.15, 0.2) is 12.7 Å². The first-order chi connectivity index (χ1) is 6.50. The summed E-state index contributed by atoms with van der Waals surface area (Å²) in [5.74, 6) is -1.51. The van der Waals surface area contributed by atoms with Gasteiger partial charge in [-0.05, 0) is 26.2 Å². The number of amides is 1. The summed E-state index contributed by atoms with van der Waals surface area (Å²) in [6.07, 6.45) is 3.52. The van der Waals surface area contributed by atoms with E-state index in [9.17, 15) is 9.59 Å². The minimum atomic E-state index is -1.37. The van der Waals surface area contributed by atoms with Crippen LogP contribution in [0.5, 0.6) is 0 Å². The van der Waals surface area contributed by atoms with Crippen LogP contribution in [0.4, 0.5) is 0 Å². The first-order valence-electron chi connectivity index (χ1n) is 4.66. The van der Waals surface area contributed by atoms with E-state index in [1.807, 2.05) is 0 Å². The van der Waals surface area contributed by atoms with Crippen molar-refractivity contribution in [3.63, 3.8) is 0 Å². The number of rotatable bonds is 5. The van der Waals surface area contributed by atoms with Gasteiger partial charge >= 0.3 is 5.97 Å². The summed E-state index contributed by atoms with van der Waals surface area (Å²) in [5.41, 5.74) is -1.37. The number of nitrogens with one attached hydrogen (secondary N) is 1. The molecular weight excluding hydrogens is 182 g/mol. The monoisotopic (exact) mass is 197 g/mol. The van der Waals surface area contributed by atoms with Gasteiger partial charge < -0.3 is 10.4 Å². The summed E-state index contributed by atoms with van der Waals surface area (Å²) in [5, 5.41) is 11.7. The summed E-state index contributed by atoms with van der Waals surface area (Å²) < 4.78 is 0. The number of hydrogen-bond donors (Lipinski definition) is 2. The Labute approximate surface area is 83.0 Å². The minimum absolute atomic E-state index is 0.154. The second-order valence-corrected chi connectivity index (χ2v) is 3.88. The predicted molar refractivity (Wildman–Crippen MR) is 51.7 cm³/mol. The number of carbonyl (C=O) groups excluding carboxylic acids is 1. The van der Waals surface area contributed by atoms with Gasteiger partial charge in [0.2, 0.25) is 5.91 Å². The van der Waals surface area contributed by atoms with Crippen LogP contribution in [0.1, 0.15) is 26.2 Å². The van der Waals surface area contributed by atoms with Crippen LogP contribution in [0.2, 0.25) is 0 Å². The normalized spacial score (nSPS) is 19.5. The molecule has 1 aliphatic carbocycles. The second-order valence-electron chi connectivity index (χ2n) is 3.88. The molecule has 1 atom stereocenters. The third kappa shape index (κ3) is 2.13. The highest BCUT2D eigenvalue weighted by atomic mass is 16.4. The maximum absolute atomic E-state index is 11.6. The zero-order chi connectivity index (χ0) is 10.8. The maximum atomic E-state index is 11.6. The van der Waals surface area contributed by atoms with Crippen LogP contribution >= 0.6 is 0 Å². The lowest BCUT2D eigenvalue weighted by atomic mass is 9.86.